The summed E-state index contributed by atoms with van der Waals surface area (Å²) in [5.41, 5.74) is 6.33. The van der Waals surface area contributed by atoms with Gasteiger partial charge in [0, 0.05) is 5.54 Å². The topological polar surface area (TPSA) is 26.0 Å². The van der Waals surface area contributed by atoms with Crippen molar-refractivity contribution in [2.75, 3.05) is 0 Å². The first-order chi connectivity index (χ1) is 9.02. The third-order valence-electron chi connectivity index (χ3n) is 4.36. The van der Waals surface area contributed by atoms with Crippen LogP contribution in [0.15, 0.2) is 0 Å². The molecular weight excluding hydrogens is 230 g/mol. The van der Waals surface area contributed by atoms with Crippen LogP contribution >= 0.6 is 0 Å². The summed E-state index contributed by atoms with van der Waals surface area (Å²) in [7, 11) is 0. The highest BCUT2D eigenvalue weighted by Gasteiger charge is 2.23. The van der Waals surface area contributed by atoms with E-state index in [9.17, 15) is 0 Å². The summed E-state index contributed by atoms with van der Waals surface area (Å²) >= 11 is 0. The van der Waals surface area contributed by atoms with Crippen LogP contribution in [0.3, 0.4) is 0 Å². The predicted octanol–water partition coefficient (Wildman–Crippen LogP) is 6.06. The number of unbranched alkanes of at least 4 members (excludes halogenated alkanes) is 8. The molecule has 0 aliphatic rings. The van der Waals surface area contributed by atoms with E-state index in [-0.39, 0.29) is 5.54 Å². The Morgan fingerprint density at radius 3 is 1.58 bits per heavy atom. The van der Waals surface area contributed by atoms with Crippen molar-refractivity contribution < 1.29 is 0 Å². The van der Waals surface area contributed by atoms with Gasteiger partial charge in [0.15, 0.2) is 0 Å². The summed E-state index contributed by atoms with van der Waals surface area (Å²) in [5, 5.41) is 0. The second-order valence-corrected chi connectivity index (χ2v) is 6.92. The Hall–Kier alpha value is -0.0400. The standard InChI is InChI=1S/C18H39N/c1-5-7-9-10-11-12-13-14-16-17(15-8-6-2)18(3,4)19/h17H,5-16,19H2,1-4H3. The lowest BCUT2D eigenvalue weighted by molar-refractivity contribution is 0.269. The van der Waals surface area contributed by atoms with E-state index in [1.165, 1.54) is 77.0 Å². The Kier molecular flexibility index (Phi) is 11.7. The largest absolute Gasteiger partial charge is 0.325 e. The van der Waals surface area contributed by atoms with E-state index in [1.54, 1.807) is 0 Å². The molecule has 0 fully saturated rings. The Morgan fingerprint density at radius 2 is 1.11 bits per heavy atom. The zero-order valence-electron chi connectivity index (χ0n) is 14.1. The van der Waals surface area contributed by atoms with Crippen LogP contribution in [-0.4, -0.2) is 5.54 Å². The monoisotopic (exact) mass is 269 g/mol. The summed E-state index contributed by atoms with van der Waals surface area (Å²) in [5.74, 6) is 0.715. The van der Waals surface area contributed by atoms with Crippen LogP contribution < -0.4 is 5.73 Å². The van der Waals surface area contributed by atoms with Crippen LogP contribution in [-0.2, 0) is 0 Å². The maximum atomic E-state index is 6.32. The molecule has 0 saturated carbocycles. The summed E-state index contributed by atoms with van der Waals surface area (Å²) < 4.78 is 0. The third kappa shape index (κ3) is 11.5. The lowest BCUT2D eigenvalue weighted by Gasteiger charge is -2.30. The quantitative estimate of drug-likeness (QED) is 0.404. The van der Waals surface area contributed by atoms with Gasteiger partial charge in [0.2, 0.25) is 0 Å². The first kappa shape index (κ1) is 19.0. The van der Waals surface area contributed by atoms with Crippen molar-refractivity contribution in [1.29, 1.82) is 0 Å². The Morgan fingerprint density at radius 1 is 0.684 bits per heavy atom. The van der Waals surface area contributed by atoms with E-state index in [0.29, 0.717) is 5.92 Å². The minimum Gasteiger partial charge on any atom is -0.325 e. The lowest BCUT2D eigenvalue weighted by atomic mass is 9.81. The van der Waals surface area contributed by atoms with Crippen LogP contribution in [0.2, 0.25) is 0 Å². The third-order valence-corrected chi connectivity index (χ3v) is 4.36. The summed E-state index contributed by atoms with van der Waals surface area (Å²) in [6.07, 6.45) is 16.6. The van der Waals surface area contributed by atoms with E-state index in [1.807, 2.05) is 0 Å². The van der Waals surface area contributed by atoms with Gasteiger partial charge >= 0.3 is 0 Å². The van der Waals surface area contributed by atoms with Crippen molar-refractivity contribution in [2.24, 2.45) is 11.7 Å². The molecule has 19 heavy (non-hydrogen) atoms. The molecule has 0 spiro atoms. The zero-order chi connectivity index (χ0) is 14.6. The first-order valence-corrected chi connectivity index (χ1v) is 8.81. The molecule has 1 atom stereocenters. The van der Waals surface area contributed by atoms with Gasteiger partial charge in [0.05, 0.1) is 0 Å². The van der Waals surface area contributed by atoms with Crippen molar-refractivity contribution in [1.82, 2.24) is 0 Å². The first-order valence-electron chi connectivity index (χ1n) is 8.81. The second kappa shape index (κ2) is 11.8. The maximum Gasteiger partial charge on any atom is 0.0125 e. The number of rotatable bonds is 13. The fourth-order valence-corrected chi connectivity index (χ4v) is 2.86. The fraction of sp³-hybridized carbons (Fsp3) is 1.00. The molecule has 116 valence electrons. The molecule has 0 aromatic heterocycles. The SMILES string of the molecule is CCCCCCCCCCC(CCCC)C(C)(C)N. The number of hydrogen-bond acceptors (Lipinski definition) is 1. The molecule has 0 aromatic carbocycles. The van der Waals surface area contributed by atoms with Gasteiger partial charge < -0.3 is 5.73 Å². The lowest BCUT2D eigenvalue weighted by Crippen LogP contribution is -2.40. The Balaban J connectivity index is 3.58. The molecule has 1 heteroatoms. The number of nitrogens with two attached hydrogens (primary N) is 1. The van der Waals surface area contributed by atoms with Gasteiger partial charge in [-0.3, -0.25) is 0 Å². The average Bonchev–Trinajstić information content (AvgIpc) is 2.34. The maximum absolute atomic E-state index is 6.32. The zero-order valence-corrected chi connectivity index (χ0v) is 14.1. The van der Waals surface area contributed by atoms with Gasteiger partial charge in [0.1, 0.15) is 0 Å². The summed E-state index contributed by atoms with van der Waals surface area (Å²) in [6, 6.07) is 0. The van der Waals surface area contributed by atoms with E-state index in [0.717, 1.165) is 0 Å². The molecular formula is C18H39N. The smallest absolute Gasteiger partial charge is 0.0125 e. The molecule has 0 rings (SSSR count). The minimum atomic E-state index is 0.0102. The van der Waals surface area contributed by atoms with Crippen molar-refractivity contribution >= 4 is 0 Å². The molecule has 0 aliphatic carbocycles. The van der Waals surface area contributed by atoms with Crippen molar-refractivity contribution in [3.8, 4) is 0 Å². The highest BCUT2D eigenvalue weighted by molar-refractivity contribution is 4.82. The average molecular weight is 270 g/mol. The summed E-state index contributed by atoms with van der Waals surface area (Å²) in [6.45, 7) is 8.97. The molecule has 0 aliphatic heterocycles. The Bertz CT molecular complexity index is 181. The van der Waals surface area contributed by atoms with Gasteiger partial charge in [-0.25, -0.2) is 0 Å². The van der Waals surface area contributed by atoms with Crippen molar-refractivity contribution in [3.63, 3.8) is 0 Å². The molecule has 2 N–H and O–H groups in total. The molecule has 1 unspecified atom stereocenters. The van der Waals surface area contributed by atoms with Gasteiger partial charge in [0.25, 0.3) is 0 Å². The van der Waals surface area contributed by atoms with Gasteiger partial charge in [-0.15, -0.1) is 0 Å². The predicted molar refractivity (Wildman–Crippen MR) is 88.5 cm³/mol. The molecule has 0 radical (unpaired) electrons. The molecule has 0 saturated heterocycles. The van der Waals surface area contributed by atoms with Gasteiger partial charge in [-0.05, 0) is 32.6 Å². The van der Waals surface area contributed by atoms with Crippen LogP contribution in [0.5, 0.6) is 0 Å². The summed E-state index contributed by atoms with van der Waals surface area (Å²) in [4.78, 5) is 0. The van der Waals surface area contributed by atoms with E-state index < -0.39 is 0 Å². The molecule has 0 heterocycles. The van der Waals surface area contributed by atoms with E-state index in [2.05, 4.69) is 27.7 Å². The normalized spacial score (nSPS) is 13.7. The van der Waals surface area contributed by atoms with E-state index in [4.69, 9.17) is 5.73 Å². The van der Waals surface area contributed by atoms with Crippen LogP contribution in [0.25, 0.3) is 0 Å². The minimum absolute atomic E-state index is 0.0102. The molecule has 0 amide bonds. The van der Waals surface area contributed by atoms with Crippen LogP contribution in [0, 0.1) is 5.92 Å². The van der Waals surface area contributed by atoms with Gasteiger partial charge in [-0.2, -0.15) is 0 Å². The number of hydrogen-bond donors (Lipinski definition) is 1. The van der Waals surface area contributed by atoms with Crippen molar-refractivity contribution in [3.05, 3.63) is 0 Å². The molecule has 0 aromatic rings. The van der Waals surface area contributed by atoms with Crippen LogP contribution in [0.4, 0.5) is 0 Å². The molecule has 1 nitrogen and oxygen atoms in total. The van der Waals surface area contributed by atoms with Crippen molar-refractivity contribution in [2.45, 2.75) is 110 Å². The van der Waals surface area contributed by atoms with E-state index >= 15 is 0 Å². The highest BCUT2D eigenvalue weighted by atomic mass is 14.7. The molecule has 0 bridgehead atoms. The van der Waals surface area contributed by atoms with Crippen LogP contribution in [0.1, 0.15) is 105 Å². The Labute approximate surface area is 122 Å². The van der Waals surface area contributed by atoms with Gasteiger partial charge in [-0.1, -0.05) is 78.1 Å². The fourth-order valence-electron chi connectivity index (χ4n) is 2.86. The second-order valence-electron chi connectivity index (χ2n) is 6.92. The highest BCUT2D eigenvalue weighted by Crippen LogP contribution is 2.26.